The summed E-state index contributed by atoms with van der Waals surface area (Å²) in [5, 5.41) is 8.41. The fourth-order valence-corrected chi connectivity index (χ4v) is 1.92. The fourth-order valence-electron chi connectivity index (χ4n) is 1.60. The van der Waals surface area contributed by atoms with Crippen molar-refractivity contribution in [3.63, 3.8) is 0 Å². The summed E-state index contributed by atoms with van der Waals surface area (Å²) in [6, 6.07) is 4.11. The number of fused-ring (bicyclic) bond motifs is 1. The Labute approximate surface area is 103 Å². The third-order valence-electron chi connectivity index (χ3n) is 2.63. The van der Waals surface area contributed by atoms with Crippen LogP contribution < -0.4 is 0 Å². The van der Waals surface area contributed by atoms with Gasteiger partial charge >= 0.3 is 0 Å². The number of nitrogens with zero attached hydrogens (tertiary/aromatic N) is 4. The molecule has 0 fully saturated rings. The van der Waals surface area contributed by atoms with Gasteiger partial charge < -0.3 is 4.90 Å². The van der Waals surface area contributed by atoms with Crippen LogP contribution in [0.5, 0.6) is 0 Å². The predicted octanol–water partition coefficient (Wildman–Crippen LogP) is 2.06. The molecule has 0 atom stereocenters. The molecule has 0 saturated carbocycles. The van der Waals surface area contributed by atoms with Gasteiger partial charge in [-0.05, 0) is 38.7 Å². The molecule has 1 aromatic heterocycles. The van der Waals surface area contributed by atoms with E-state index in [0.29, 0.717) is 0 Å². The first-order chi connectivity index (χ1) is 7.59. The Balaban J connectivity index is 2.38. The molecule has 2 rings (SSSR count). The van der Waals surface area contributed by atoms with Crippen LogP contribution in [0.3, 0.4) is 0 Å². The fraction of sp³-hybridized carbons (Fsp3) is 0.455. The van der Waals surface area contributed by atoms with Gasteiger partial charge in [0.05, 0.1) is 12.1 Å². The summed E-state index contributed by atoms with van der Waals surface area (Å²) in [6.45, 7) is 3.88. The lowest BCUT2D eigenvalue weighted by Gasteiger charge is -2.09. The largest absolute Gasteiger partial charge is 0.308 e. The van der Waals surface area contributed by atoms with E-state index < -0.39 is 0 Å². The Bertz CT molecular complexity index is 504. The maximum atomic E-state index is 4.22. The lowest BCUT2D eigenvalue weighted by atomic mass is 10.2. The van der Waals surface area contributed by atoms with Gasteiger partial charge in [0.15, 0.2) is 0 Å². The third-order valence-corrected chi connectivity index (χ3v) is 3.49. The van der Waals surface area contributed by atoms with E-state index in [4.69, 9.17) is 0 Å². The minimum atomic E-state index is 0.866. The molecule has 16 heavy (non-hydrogen) atoms. The number of halogens is 1. The lowest BCUT2D eigenvalue weighted by Crippen LogP contribution is -2.19. The van der Waals surface area contributed by atoms with Crippen LogP contribution in [-0.4, -0.2) is 40.5 Å². The first-order valence-corrected chi connectivity index (χ1v) is 6.02. The summed E-state index contributed by atoms with van der Waals surface area (Å²) in [5.41, 5.74) is 3.23. The van der Waals surface area contributed by atoms with E-state index in [-0.39, 0.29) is 0 Å². The highest BCUT2D eigenvalue weighted by Gasteiger charge is 2.08. The number of hydrogen-bond acceptors (Lipinski definition) is 3. The molecule has 0 spiro atoms. The molecule has 0 N–H and O–H groups in total. The van der Waals surface area contributed by atoms with Gasteiger partial charge in [0.25, 0.3) is 0 Å². The molecule has 0 saturated heterocycles. The average Bonchev–Trinajstić information content (AvgIpc) is 2.64. The molecule has 0 unspecified atom stereocenters. The standard InChI is InChI=1S/C11H15BrN4/c1-8-9(12)4-5-10-11(8)13-14-16(10)7-6-15(2)3/h4-5H,6-7H2,1-3H3. The van der Waals surface area contributed by atoms with E-state index in [1.807, 2.05) is 10.7 Å². The van der Waals surface area contributed by atoms with Crippen LogP contribution in [0.15, 0.2) is 16.6 Å². The van der Waals surface area contributed by atoms with Crippen LogP contribution >= 0.6 is 15.9 Å². The minimum Gasteiger partial charge on any atom is -0.308 e. The van der Waals surface area contributed by atoms with Crippen molar-refractivity contribution in [2.45, 2.75) is 13.5 Å². The van der Waals surface area contributed by atoms with Gasteiger partial charge in [-0.15, -0.1) is 5.10 Å². The maximum absolute atomic E-state index is 4.22. The average molecular weight is 283 g/mol. The van der Waals surface area contributed by atoms with Gasteiger partial charge in [-0.2, -0.15) is 0 Å². The minimum absolute atomic E-state index is 0.866. The normalized spacial score (nSPS) is 11.6. The number of aromatic nitrogens is 3. The molecule has 5 heteroatoms. The van der Waals surface area contributed by atoms with E-state index in [9.17, 15) is 0 Å². The first kappa shape index (κ1) is 11.5. The van der Waals surface area contributed by atoms with Crippen molar-refractivity contribution in [3.8, 4) is 0 Å². The number of benzene rings is 1. The van der Waals surface area contributed by atoms with E-state index in [0.717, 1.165) is 34.2 Å². The van der Waals surface area contributed by atoms with Crippen molar-refractivity contribution in [1.82, 2.24) is 19.9 Å². The van der Waals surface area contributed by atoms with Gasteiger partial charge in [0.1, 0.15) is 5.52 Å². The summed E-state index contributed by atoms with van der Waals surface area (Å²) >= 11 is 3.50. The third kappa shape index (κ3) is 2.10. The number of likely N-dealkylation sites (N-methyl/N-ethyl adjacent to an activating group) is 1. The molecule has 4 nitrogen and oxygen atoms in total. The topological polar surface area (TPSA) is 34.0 Å². The van der Waals surface area contributed by atoms with E-state index in [1.165, 1.54) is 0 Å². The van der Waals surface area contributed by atoms with E-state index in [2.05, 4.69) is 58.2 Å². The number of rotatable bonds is 3. The van der Waals surface area contributed by atoms with Crippen LogP contribution in [0.4, 0.5) is 0 Å². The summed E-state index contributed by atoms with van der Waals surface area (Å²) in [6.07, 6.45) is 0. The van der Waals surface area contributed by atoms with Crippen molar-refractivity contribution < 1.29 is 0 Å². The maximum Gasteiger partial charge on any atom is 0.117 e. The monoisotopic (exact) mass is 282 g/mol. The van der Waals surface area contributed by atoms with Crippen molar-refractivity contribution >= 4 is 27.0 Å². The van der Waals surface area contributed by atoms with Crippen molar-refractivity contribution in [3.05, 3.63) is 22.2 Å². The number of hydrogen-bond donors (Lipinski definition) is 0. The molecule has 1 aromatic carbocycles. The molecule has 86 valence electrons. The van der Waals surface area contributed by atoms with Crippen LogP contribution in [0.25, 0.3) is 11.0 Å². The first-order valence-electron chi connectivity index (χ1n) is 5.22. The van der Waals surface area contributed by atoms with Crippen LogP contribution in [0, 0.1) is 6.92 Å². The van der Waals surface area contributed by atoms with E-state index in [1.54, 1.807) is 0 Å². The summed E-state index contributed by atoms with van der Waals surface area (Å²) in [4.78, 5) is 2.14. The van der Waals surface area contributed by atoms with Gasteiger partial charge in [0, 0.05) is 11.0 Å². The Morgan fingerprint density at radius 2 is 2.12 bits per heavy atom. The smallest absolute Gasteiger partial charge is 0.117 e. The van der Waals surface area contributed by atoms with Gasteiger partial charge in [0.2, 0.25) is 0 Å². The second-order valence-electron chi connectivity index (χ2n) is 4.16. The summed E-state index contributed by atoms with van der Waals surface area (Å²) < 4.78 is 3.04. The molecule has 1 heterocycles. The Morgan fingerprint density at radius 3 is 2.81 bits per heavy atom. The van der Waals surface area contributed by atoms with Crippen molar-refractivity contribution in [2.75, 3.05) is 20.6 Å². The lowest BCUT2D eigenvalue weighted by molar-refractivity contribution is 0.374. The van der Waals surface area contributed by atoms with Crippen LogP contribution in [0.2, 0.25) is 0 Å². The molecule has 0 radical (unpaired) electrons. The van der Waals surface area contributed by atoms with Gasteiger partial charge in [-0.25, -0.2) is 4.68 Å². The molecule has 0 aliphatic carbocycles. The molecule has 0 aliphatic heterocycles. The molecular weight excluding hydrogens is 268 g/mol. The summed E-state index contributed by atoms with van der Waals surface area (Å²) in [7, 11) is 4.11. The molecule has 0 amide bonds. The van der Waals surface area contributed by atoms with E-state index >= 15 is 0 Å². The molecular formula is C11H15BrN4. The Morgan fingerprint density at radius 1 is 1.38 bits per heavy atom. The highest BCUT2D eigenvalue weighted by atomic mass is 79.9. The highest BCUT2D eigenvalue weighted by molar-refractivity contribution is 9.10. The quantitative estimate of drug-likeness (QED) is 0.864. The zero-order valence-corrected chi connectivity index (χ0v) is 11.3. The Kier molecular flexibility index (Phi) is 3.25. The second-order valence-corrected chi connectivity index (χ2v) is 5.01. The predicted molar refractivity (Wildman–Crippen MR) is 68.5 cm³/mol. The molecule has 0 bridgehead atoms. The van der Waals surface area contributed by atoms with Crippen molar-refractivity contribution in [2.24, 2.45) is 0 Å². The highest BCUT2D eigenvalue weighted by Crippen LogP contribution is 2.23. The number of aryl methyl sites for hydroxylation is 1. The van der Waals surface area contributed by atoms with Gasteiger partial charge in [-0.3, -0.25) is 0 Å². The SMILES string of the molecule is Cc1c(Br)ccc2c1nnn2CCN(C)C. The van der Waals surface area contributed by atoms with Crippen LogP contribution in [0.1, 0.15) is 5.56 Å². The molecule has 0 aliphatic rings. The zero-order valence-electron chi connectivity index (χ0n) is 9.74. The second kappa shape index (κ2) is 4.51. The molecule has 2 aromatic rings. The summed E-state index contributed by atoms with van der Waals surface area (Å²) in [5.74, 6) is 0. The van der Waals surface area contributed by atoms with Crippen molar-refractivity contribution in [1.29, 1.82) is 0 Å². The zero-order chi connectivity index (χ0) is 11.7. The van der Waals surface area contributed by atoms with Crippen LogP contribution in [-0.2, 0) is 6.54 Å². The Hall–Kier alpha value is -0.940. The van der Waals surface area contributed by atoms with Gasteiger partial charge in [-0.1, -0.05) is 21.1 Å².